The average molecular weight is 294 g/mol. The number of aryl methyl sites for hydroxylation is 2. The van der Waals surface area contributed by atoms with Crippen LogP contribution in [0.2, 0.25) is 0 Å². The number of nitrogens with zero attached hydrogens (tertiary/aromatic N) is 5. The highest BCUT2D eigenvalue weighted by Crippen LogP contribution is 2.35. The SMILES string of the molecule is c1cc2c3c(c1)c(-c1nnnn1C1CCNC1)cn3CCC2. The minimum Gasteiger partial charge on any atom is -0.346 e. The van der Waals surface area contributed by atoms with Crippen LogP contribution in [0.5, 0.6) is 0 Å². The monoisotopic (exact) mass is 294 g/mol. The molecule has 0 spiro atoms. The van der Waals surface area contributed by atoms with E-state index in [1.165, 1.54) is 22.9 Å². The number of hydrogen-bond donors (Lipinski definition) is 1. The molecule has 6 nitrogen and oxygen atoms in total. The maximum atomic E-state index is 4.34. The fourth-order valence-electron chi connectivity index (χ4n) is 3.90. The molecule has 112 valence electrons. The molecule has 6 heteroatoms. The highest BCUT2D eigenvalue weighted by Gasteiger charge is 2.25. The lowest BCUT2D eigenvalue weighted by Gasteiger charge is -2.14. The smallest absolute Gasteiger partial charge is 0.184 e. The quantitative estimate of drug-likeness (QED) is 0.782. The molecule has 0 amide bonds. The first-order chi connectivity index (χ1) is 10.9. The Hall–Kier alpha value is -2.21. The second-order valence-electron chi connectivity index (χ2n) is 6.25. The average Bonchev–Trinajstić information content (AvgIpc) is 3.27. The third kappa shape index (κ3) is 1.67. The summed E-state index contributed by atoms with van der Waals surface area (Å²) in [6.07, 6.45) is 5.69. The van der Waals surface area contributed by atoms with Crippen LogP contribution in [0.3, 0.4) is 0 Å². The molecule has 0 saturated carbocycles. The summed E-state index contributed by atoms with van der Waals surface area (Å²) in [7, 11) is 0. The van der Waals surface area contributed by atoms with E-state index in [1.54, 1.807) is 0 Å². The Bertz CT molecular complexity index is 840. The van der Waals surface area contributed by atoms with Crippen LogP contribution in [0.4, 0.5) is 0 Å². The number of aromatic nitrogens is 5. The third-order valence-electron chi connectivity index (χ3n) is 4.94. The molecule has 1 saturated heterocycles. The summed E-state index contributed by atoms with van der Waals surface area (Å²) in [5.74, 6) is 0.900. The highest BCUT2D eigenvalue weighted by molar-refractivity contribution is 5.96. The van der Waals surface area contributed by atoms with Gasteiger partial charge in [-0.2, -0.15) is 0 Å². The Kier molecular flexibility index (Phi) is 2.61. The van der Waals surface area contributed by atoms with Crippen LogP contribution in [-0.4, -0.2) is 37.9 Å². The van der Waals surface area contributed by atoms with Crippen LogP contribution in [0.25, 0.3) is 22.3 Å². The van der Waals surface area contributed by atoms with Crippen molar-refractivity contribution in [1.82, 2.24) is 30.1 Å². The highest BCUT2D eigenvalue weighted by atomic mass is 15.6. The van der Waals surface area contributed by atoms with Crippen molar-refractivity contribution in [3.8, 4) is 11.4 Å². The van der Waals surface area contributed by atoms with Gasteiger partial charge in [-0.3, -0.25) is 0 Å². The van der Waals surface area contributed by atoms with E-state index in [0.29, 0.717) is 6.04 Å². The zero-order chi connectivity index (χ0) is 14.5. The van der Waals surface area contributed by atoms with Crippen molar-refractivity contribution in [3.63, 3.8) is 0 Å². The van der Waals surface area contributed by atoms with E-state index in [0.717, 1.165) is 43.9 Å². The molecule has 0 bridgehead atoms. The van der Waals surface area contributed by atoms with Gasteiger partial charge in [0.05, 0.1) is 11.6 Å². The normalized spacial score (nSPS) is 20.8. The zero-order valence-electron chi connectivity index (χ0n) is 12.4. The fraction of sp³-hybridized carbons (Fsp3) is 0.438. The molecule has 1 aromatic carbocycles. The van der Waals surface area contributed by atoms with Crippen LogP contribution in [-0.2, 0) is 13.0 Å². The second kappa shape index (κ2) is 4.64. The molecular formula is C16H18N6. The third-order valence-corrected chi connectivity index (χ3v) is 4.94. The molecule has 22 heavy (non-hydrogen) atoms. The predicted molar refractivity (Wildman–Crippen MR) is 83.6 cm³/mol. The Morgan fingerprint density at radius 3 is 3.18 bits per heavy atom. The Balaban J connectivity index is 1.72. The van der Waals surface area contributed by atoms with Gasteiger partial charge in [-0.1, -0.05) is 18.2 Å². The molecule has 1 fully saturated rings. The number of nitrogens with one attached hydrogen (secondary N) is 1. The first-order valence-corrected chi connectivity index (χ1v) is 8.01. The van der Waals surface area contributed by atoms with Gasteiger partial charge in [0.25, 0.3) is 0 Å². The summed E-state index contributed by atoms with van der Waals surface area (Å²) in [6.45, 7) is 3.07. The molecule has 2 aliphatic heterocycles. The Labute approximate surface area is 128 Å². The first-order valence-electron chi connectivity index (χ1n) is 8.01. The molecule has 3 aromatic rings. The molecule has 2 aromatic heterocycles. The fourth-order valence-corrected chi connectivity index (χ4v) is 3.90. The maximum Gasteiger partial charge on any atom is 0.184 e. The number of rotatable bonds is 2. The van der Waals surface area contributed by atoms with E-state index in [-0.39, 0.29) is 0 Å². The van der Waals surface area contributed by atoms with Gasteiger partial charge in [-0.05, 0) is 41.8 Å². The van der Waals surface area contributed by atoms with Gasteiger partial charge >= 0.3 is 0 Å². The molecule has 1 N–H and O–H groups in total. The van der Waals surface area contributed by atoms with Gasteiger partial charge in [0.15, 0.2) is 5.82 Å². The van der Waals surface area contributed by atoms with Gasteiger partial charge in [0, 0.05) is 30.2 Å². The van der Waals surface area contributed by atoms with Crippen molar-refractivity contribution < 1.29 is 0 Å². The van der Waals surface area contributed by atoms with Gasteiger partial charge in [-0.15, -0.1) is 5.10 Å². The number of benzene rings is 1. The summed E-state index contributed by atoms with van der Waals surface area (Å²) in [6, 6.07) is 6.95. The summed E-state index contributed by atoms with van der Waals surface area (Å²) < 4.78 is 4.37. The Morgan fingerprint density at radius 1 is 1.27 bits per heavy atom. The van der Waals surface area contributed by atoms with E-state index in [2.05, 4.69) is 49.8 Å². The van der Waals surface area contributed by atoms with Gasteiger partial charge in [0.2, 0.25) is 0 Å². The predicted octanol–water partition coefficient (Wildman–Crippen LogP) is 1.78. The first kappa shape index (κ1) is 12.3. The largest absolute Gasteiger partial charge is 0.346 e. The van der Waals surface area contributed by atoms with Crippen LogP contribution < -0.4 is 5.32 Å². The maximum absolute atomic E-state index is 4.34. The minimum atomic E-state index is 0.358. The molecule has 4 heterocycles. The second-order valence-corrected chi connectivity index (χ2v) is 6.25. The molecule has 1 unspecified atom stereocenters. The topological polar surface area (TPSA) is 60.6 Å². The van der Waals surface area contributed by atoms with Crippen molar-refractivity contribution in [2.75, 3.05) is 13.1 Å². The number of tetrazole rings is 1. The van der Waals surface area contributed by atoms with E-state index in [4.69, 9.17) is 0 Å². The standard InChI is InChI=1S/C16H18N6/c1-3-11-4-2-8-21-10-14(13(5-1)15(11)21)16-18-19-20-22(16)12-6-7-17-9-12/h1,3,5,10,12,17H,2,4,6-9H2. The minimum absolute atomic E-state index is 0.358. The van der Waals surface area contributed by atoms with Crippen LogP contribution in [0, 0.1) is 0 Å². The summed E-state index contributed by atoms with van der Waals surface area (Å²) in [5, 5.41) is 17.2. The van der Waals surface area contributed by atoms with Gasteiger partial charge in [0.1, 0.15) is 0 Å². The molecule has 2 aliphatic rings. The lowest BCUT2D eigenvalue weighted by Crippen LogP contribution is -2.15. The van der Waals surface area contributed by atoms with Crippen molar-refractivity contribution in [1.29, 1.82) is 0 Å². The van der Waals surface area contributed by atoms with Gasteiger partial charge in [-0.25, -0.2) is 4.68 Å². The summed E-state index contributed by atoms with van der Waals surface area (Å²) in [5.41, 5.74) is 3.97. The molecule has 0 aliphatic carbocycles. The summed E-state index contributed by atoms with van der Waals surface area (Å²) >= 11 is 0. The zero-order valence-corrected chi connectivity index (χ0v) is 12.4. The number of hydrogen-bond acceptors (Lipinski definition) is 4. The van der Waals surface area contributed by atoms with E-state index < -0.39 is 0 Å². The number of para-hydroxylation sites is 1. The van der Waals surface area contributed by atoms with Crippen LogP contribution >= 0.6 is 0 Å². The van der Waals surface area contributed by atoms with Crippen molar-refractivity contribution in [2.45, 2.75) is 31.8 Å². The molecule has 5 rings (SSSR count). The van der Waals surface area contributed by atoms with E-state index in [1.807, 2.05) is 4.68 Å². The summed E-state index contributed by atoms with van der Waals surface area (Å²) in [4.78, 5) is 0. The van der Waals surface area contributed by atoms with Crippen LogP contribution in [0.15, 0.2) is 24.4 Å². The van der Waals surface area contributed by atoms with Crippen molar-refractivity contribution in [2.24, 2.45) is 0 Å². The lowest BCUT2D eigenvalue weighted by atomic mass is 10.0. The molecule has 0 radical (unpaired) electrons. The van der Waals surface area contributed by atoms with E-state index >= 15 is 0 Å². The Morgan fingerprint density at radius 2 is 2.27 bits per heavy atom. The van der Waals surface area contributed by atoms with Crippen LogP contribution in [0.1, 0.15) is 24.4 Å². The molecular weight excluding hydrogens is 276 g/mol. The van der Waals surface area contributed by atoms with E-state index in [9.17, 15) is 0 Å². The molecule has 1 atom stereocenters. The van der Waals surface area contributed by atoms with Crippen molar-refractivity contribution in [3.05, 3.63) is 30.0 Å². The van der Waals surface area contributed by atoms with Gasteiger partial charge < -0.3 is 9.88 Å². The lowest BCUT2D eigenvalue weighted by molar-refractivity contribution is 0.481. The van der Waals surface area contributed by atoms with Crippen molar-refractivity contribution >= 4 is 10.9 Å².